The van der Waals surface area contributed by atoms with Crippen LogP contribution in [0.25, 0.3) is 0 Å². The van der Waals surface area contributed by atoms with Crippen molar-refractivity contribution in [2.75, 3.05) is 39.4 Å². The van der Waals surface area contributed by atoms with Crippen molar-refractivity contribution in [2.45, 2.75) is 18.6 Å². The molecule has 1 aliphatic heterocycles. The predicted octanol–water partition coefficient (Wildman–Crippen LogP) is 3.24. The molecule has 0 amide bonds. The van der Waals surface area contributed by atoms with E-state index in [0.29, 0.717) is 51.8 Å². The normalized spacial score (nSPS) is 16.4. The Morgan fingerprint density at radius 1 is 1.16 bits per heavy atom. The highest BCUT2D eigenvalue weighted by molar-refractivity contribution is 14.0. The Hall–Kier alpha value is -1.92. The molecule has 3 N–H and O–H groups in total. The molecular weight excluding hydrogens is 522 g/mol. The number of morpholine rings is 1. The van der Waals surface area contributed by atoms with Crippen LogP contribution in [0.4, 0.5) is 13.2 Å². The van der Waals surface area contributed by atoms with E-state index in [9.17, 15) is 13.2 Å². The van der Waals surface area contributed by atoms with Gasteiger partial charge < -0.3 is 15.8 Å². The summed E-state index contributed by atoms with van der Waals surface area (Å²) >= 11 is 0. The summed E-state index contributed by atoms with van der Waals surface area (Å²) in [5.41, 5.74) is 7.07. The fourth-order valence-corrected chi connectivity index (χ4v) is 3.32. The maximum Gasteiger partial charge on any atom is 0.416 e. The number of alkyl halides is 3. The third-order valence-corrected chi connectivity index (χ3v) is 4.96. The third-order valence-electron chi connectivity index (χ3n) is 4.96. The van der Waals surface area contributed by atoms with Crippen molar-refractivity contribution in [3.8, 4) is 0 Å². The molecule has 1 aliphatic rings. The molecule has 2 heterocycles. The Morgan fingerprint density at radius 3 is 2.48 bits per heavy atom. The quantitative estimate of drug-likeness (QED) is 0.315. The molecule has 1 saturated heterocycles. The second-order valence-electron chi connectivity index (χ2n) is 7.01. The molecule has 1 atom stereocenters. The van der Waals surface area contributed by atoms with Crippen molar-refractivity contribution < 1.29 is 17.9 Å². The van der Waals surface area contributed by atoms with Gasteiger partial charge in [0, 0.05) is 37.9 Å². The number of nitrogens with zero attached hydrogens (tertiary/aromatic N) is 3. The molecule has 170 valence electrons. The number of nitrogens with two attached hydrogens (primary N) is 1. The predicted molar refractivity (Wildman–Crippen MR) is 124 cm³/mol. The van der Waals surface area contributed by atoms with Crippen LogP contribution in [0.1, 0.15) is 22.9 Å². The fraction of sp³-hybridized carbons (Fsp3) is 0.429. The Bertz CT molecular complexity index is 812. The topological polar surface area (TPSA) is 75.8 Å². The lowest BCUT2D eigenvalue weighted by Gasteiger charge is -2.34. The highest BCUT2D eigenvalue weighted by atomic mass is 127. The van der Waals surface area contributed by atoms with Crippen LogP contribution in [0, 0.1) is 0 Å². The lowest BCUT2D eigenvalue weighted by molar-refractivity contribution is -0.137. The zero-order valence-corrected chi connectivity index (χ0v) is 19.3. The van der Waals surface area contributed by atoms with E-state index in [2.05, 4.69) is 20.2 Å². The van der Waals surface area contributed by atoms with Crippen molar-refractivity contribution in [3.05, 3.63) is 65.5 Å². The van der Waals surface area contributed by atoms with E-state index >= 15 is 0 Å². The van der Waals surface area contributed by atoms with Gasteiger partial charge in [0.1, 0.15) is 0 Å². The van der Waals surface area contributed by atoms with Gasteiger partial charge in [-0.05, 0) is 29.8 Å². The molecule has 3 rings (SSSR count). The number of pyridine rings is 1. The van der Waals surface area contributed by atoms with Crippen LogP contribution >= 0.6 is 24.0 Å². The minimum absolute atomic E-state index is 0. The Morgan fingerprint density at radius 2 is 1.87 bits per heavy atom. The van der Waals surface area contributed by atoms with Crippen molar-refractivity contribution in [1.29, 1.82) is 0 Å². The van der Waals surface area contributed by atoms with E-state index < -0.39 is 11.7 Å². The van der Waals surface area contributed by atoms with Gasteiger partial charge >= 0.3 is 6.18 Å². The smallest absolute Gasteiger partial charge is 0.379 e. The molecule has 0 bridgehead atoms. The number of hydrogen-bond acceptors (Lipinski definition) is 4. The molecule has 0 spiro atoms. The minimum atomic E-state index is -4.35. The Balaban J connectivity index is 0.00000341. The number of benzene rings is 1. The first-order valence-corrected chi connectivity index (χ1v) is 9.86. The first kappa shape index (κ1) is 25.3. The van der Waals surface area contributed by atoms with Crippen molar-refractivity contribution in [2.24, 2.45) is 10.7 Å². The number of halogens is 4. The average Bonchev–Trinajstić information content (AvgIpc) is 2.75. The SMILES string of the molecule is I.NC(=NCC(c1ccc(C(F)(F)F)cc1)N1CCOCC1)NCCc1ccccn1. The molecule has 0 radical (unpaired) electrons. The molecular formula is C21H27F3IN5O. The maximum absolute atomic E-state index is 12.9. The van der Waals surface area contributed by atoms with Gasteiger partial charge in [-0.3, -0.25) is 14.9 Å². The molecule has 0 saturated carbocycles. The van der Waals surface area contributed by atoms with Gasteiger partial charge in [-0.15, -0.1) is 24.0 Å². The monoisotopic (exact) mass is 549 g/mol. The van der Waals surface area contributed by atoms with Crippen LogP contribution < -0.4 is 11.1 Å². The summed E-state index contributed by atoms with van der Waals surface area (Å²) in [5, 5.41) is 3.07. The highest BCUT2D eigenvalue weighted by Crippen LogP contribution is 2.31. The molecule has 10 heteroatoms. The van der Waals surface area contributed by atoms with Crippen molar-refractivity contribution >= 4 is 29.9 Å². The van der Waals surface area contributed by atoms with E-state index in [1.54, 1.807) is 6.20 Å². The van der Waals surface area contributed by atoms with Crippen molar-refractivity contribution in [3.63, 3.8) is 0 Å². The van der Waals surface area contributed by atoms with Gasteiger partial charge in [0.05, 0.1) is 31.4 Å². The lowest BCUT2D eigenvalue weighted by Crippen LogP contribution is -2.41. The number of hydrogen-bond donors (Lipinski definition) is 2. The van der Waals surface area contributed by atoms with Crippen LogP contribution in [0.2, 0.25) is 0 Å². The third kappa shape index (κ3) is 7.93. The molecule has 6 nitrogen and oxygen atoms in total. The average molecular weight is 549 g/mol. The summed E-state index contributed by atoms with van der Waals surface area (Å²) < 4.78 is 44.1. The van der Waals surface area contributed by atoms with Gasteiger partial charge in [-0.25, -0.2) is 0 Å². The first-order valence-electron chi connectivity index (χ1n) is 9.86. The van der Waals surface area contributed by atoms with Gasteiger partial charge in [0.25, 0.3) is 0 Å². The molecule has 1 aromatic carbocycles. The summed E-state index contributed by atoms with van der Waals surface area (Å²) in [5.74, 6) is 0.302. The highest BCUT2D eigenvalue weighted by Gasteiger charge is 2.31. The van der Waals surface area contributed by atoms with E-state index in [1.165, 1.54) is 12.1 Å². The minimum Gasteiger partial charge on any atom is -0.379 e. The number of nitrogens with one attached hydrogen (secondary N) is 1. The lowest BCUT2D eigenvalue weighted by atomic mass is 10.0. The second kappa shape index (κ2) is 12.2. The number of rotatable bonds is 7. The first-order chi connectivity index (χ1) is 14.4. The fourth-order valence-electron chi connectivity index (χ4n) is 3.32. The van der Waals surface area contributed by atoms with Crippen LogP contribution in [0.5, 0.6) is 0 Å². The second-order valence-corrected chi connectivity index (χ2v) is 7.01. The van der Waals surface area contributed by atoms with E-state index in [4.69, 9.17) is 10.5 Å². The summed E-state index contributed by atoms with van der Waals surface area (Å²) in [4.78, 5) is 10.9. The number of aromatic nitrogens is 1. The summed E-state index contributed by atoms with van der Waals surface area (Å²) in [7, 11) is 0. The zero-order valence-electron chi connectivity index (χ0n) is 17.0. The molecule has 1 aromatic heterocycles. The number of ether oxygens (including phenoxy) is 1. The number of aliphatic imine (C=N–C) groups is 1. The zero-order chi connectivity index (χ0) is 21.4. The van der Waals surface area contributed by atoms with Crippen LogP contribution in [-0.4, -0.2) is 55.2 Å². The van der Waals surface area contributed by atoms with Crippen LogP contribution in [0.3, 0.4) is 0 Å². The van der Waals surface area contributed by atoms with Gasteiger partial charge in [0.2, 0.25) is 0 Å². The standard InChI is InChI=1S/C21H26F3N5O.HI/c22-21(23,24)17-6-4-16(5-7-17)19(29-11-13-30-14-12-29)15-28-20(25)27-10-8-18-3-1-2-9-26-18;/h1-7,9,19H,8,10-15H2,(H3,25,27,28);1H. The van der Waals surface area contributed by atoms with E-state index in [0.717, 1.165) is 23.4 Å². The summed E-state index contributed by atoms with van der Waals surface area (Å²) in [6.45, 7) is 3.47. The molecule has 0 aliphatic carbocycles. The summed E-state index contributed by atoms with van der Waals surface area (Å²) in [6, 6.07) is 10.8. The molecule has 1 fully saturated rings. The molecule has 1 unspecified atom stereocenters. The Labute approximate surface area is 197 Å². The number of guanidine groups is 1. The van der Waals surface area contributed by atoms with Crippen LogP contribution in [-0.2, 0) is 17.3 Å². The van der Waals surface area contributed by atoms with Crippen molar-refractivity contribution in [1.82, 2.24) is 15.2 Å². The maximum atomic E-state index is 12.9. The summed E-state index contributed by atoms with van der Waals surface area (Å²) in [6.07, 6.45) is -1.90. The van der Waals surface area contributed by atoms with E-state index in [1.807, 2.05) is 18.2 Å². The van der Waals surface area contributed by atoms with Gasteiger partial charge in [-0.1, -0.05) is 18.2 Å². The van der Waals surface area contributed by atoms with Gasteiger partial charge in [0.15, 0.2) is 5.96 Å². The Kier molecular flexibility index (Phi) is 9.97. The van der Waals surface area contributed by atoms with E-state index in [-0.39, 0.29) is 30.0 Å². The molecule has 31 heavy (non-hydrogen) atoms. The molecule has 2 aromatic rings. The van der Waals surface area contributed by atoms with Gasteiger partial charge in [-0.2, -0.15) is 13.2 Å². The van der Waals surface area contributed by atoms with Crippen LogP contribution in [0.15, 0.2) is 53.7 Å². The largest absolute Gasteiger partial charge is 0.416 e.